The lowest BCUT2D eigenvalue weighted by molar-refractivity contribution is 0.416. The third-order valence-corrected chi connectivity index (χ3v) is 5.46. The maximum Gasteiger partial charge on any atom is 0.191 e. The van der Waals surface area contributed by atoms with Crippen molar-refractivity contribution in [3.05, 3.63) is 57.5 Å². The van der Waals surface area contributed by atoms with Crippen molar-refractivity contribution in [1.29, 1.82) is 0 Å². The maximum absolute atomic E-state index is 6.16. The van der Waals surface area contributed by atoms with Crippen LogP contribution in [0.2, 0.25) is 5.02 Å². The minimum Gasteiger partial charge on any atom is -0.496 e. The molecule has 0 atom stereocenters. The number of nitrogens with zero attached hydrogens (tertiary/aromatic N) is 3. The number of methoxy groups -OCH3 is 1. The van der Waals surface area contributed by atoms with Crippen LogP contribution in [0.3, 0.4) is 0 Å². The number of halogens is 2. The Balaban J connectivity index is 1.90. The minimum absolute atomic E-state index is 0.643. The summed E-state index contributed by atoms with van der Waals surface area (Å²) >= 11 is 11.3. The zero-order chi connectivity index (χ0) is 17.8. The van der Waals surface area contributed by atoms with E-state index in [9.17, 15) is 0 Å². The van der Waals surface area contributed by atoms with Gasteiger partial charge in [0.25, 0.3) is 0 Å². The fourth-order valence-corrected chi connectivity index (χ4v) is 4.07. The first kappa shape index (κ1) is 18.3. The molecule has 0 N–H and O–H groups in total. The Labute approximate surface area is 164 Å². The van der Waals surface area contributed by atoms with Crippen molar-refractivity contribution in [1.82, 2.24) is 14.8 Å². The van der Waals surface area contributed by atoms with E-state index in [1.54, 1.807) is 24.9 Å². The zero-order valence-electron chi connectivity index (χ0n) is 13.9. The quantitative estimate of drug-likeness (QED) is 0.464. The summed E-state index contributed by atoms with van der Waals surface area (Å²) in [7, 11) is 1.64. The van der Waals surface area contributed by atoms with Gasteiger partial charge < -0.3 is 9.30 Å². The van der Waals surface area contributed by atoms with Crippen LogP contribution < -0.4 is 4.74 Å². The molecule has 1 heterocycles. The Morgan fingerprint density at radius 2 is 2.04 bits per heavy atom. The van der Waals surface area contributed by atoms with E-state index in [1.165, 1.54) is 5.56 Å². The first-order chi connectivity index (χ1) is 12.1. The summed E-state index contributed by atoms with van der Waals surface area (Å²) in [6.07, 6.45) is 0. The van der Waals surface area contributed by atoms with Gasteiger partial charge in [0, 0.05) is 21.8 Å². The Morgan fingerprint density at radius 3 is 2.76 bits per heavy atom. The van der Waals surface area contributed by atoms with Crippen molar-refractivity contribution >= 4 is 39.3 Å². The van der Waals surface area contributed by atoms with Crippen LogP contribution in [0.4, 0.5) is 0 Å². The normalized spacial score (nSPS) is 10.9. The van der Waals surface area contributed by atoms with Gasteiger partial charge in [-0.05, 0) is 42.8 Å². The molecule has 4 nitrogen and oxygen atoms in total. The van der Waals surface area contributed by atoms with Gasteiger partial charge in [0.1, 0.15) is 5.75 Å². The monoisotopic (exact) mass is 437 g/mol. The third-order valence-electron chi connectivity index (χ3n) is 3.69. The summed E-state index contributed by atoms with van der Waals surface area (Å²) in [5.41, 5.74) is 2.07. The first-order valence-electron chi connectivity index (χ1n) is 7.76. The van der Waals surface area contributed by atoms with Crippen molar-refractivity contribution in [2.45, 2.75) is 24.4 Å². The molecule has 25 heavy (non-hydrogen) atoms. The molecule has 1 aromatic heterocycles. The Morgan fingerprint density at radius 1 is 1.20 bits per heavy atom. The van der Waals surface area contributed by atoms with Gasteiger partial charge in [-0.3, -0.25) is 0 Å². The van der Waals surface area contributed by atoms with Crippen LogP contribution in [-0.4, -0.2) is 21.9 Å². The number of hydrogen-bond donors (Lipinski definition) is 0. The van der Waals surface area contributed by atoms with Crippen LogP contribution in [0.15, 0.2) is 52.1 Å². The molecule has 7 heteroatoms. The number of hydrogen-bond acceptors (Lipinski definition) is 4. The van der Waals surface area contributed by atoms with Crippen LogP contribution in [0, 0.1) is 0 Å². The van der Waals surface area contributed by atoms with E-state index in [4.69, 9.17) is 16.3 Å². The first-order valence-corrected chi connectivity index (χ1v) is 9.92. The predicted octanol–water partition coefficient (Wildman–Crippen LogP) is 5.68. The van der Waals surface area contributed by atoms with Crippen LogP contribution in [0.5, 0.6) is 5.75 Å². The van der Waals surface area contributed by atoms with E-state index in [-0.39, 0.29) is 0 Å². The second-order valence-electron chi connectivity index (χ2n) is 5.31. The van der Waals surface area contributed by atoms with E-state index >= 15 is 0 Å². The molecule has 0 aliphatic carbocycles. The van der Waals surface area contributed by atoms with E-state index in [1.807, 2.05) is 24.3 Å². The number of thioether (sulfide) groups is 1. The Hall–Kier alpha value is -1.50. The molecule has 0 saturated carbocycles. The number of ether oxygens (including phenoxy) is 1. The van der Waals surface area contributed by atoms with E-state index < -0.39 is 0 Å². The molecule has 0 radical (unpaired) electrons. The zero-order valence-corrected chi connectivity index (χ0v) is 17.0. The molecule has 0 unspecified atom stereocenters. The molecule has 0 aliphatic rings. The molecule has 0 fully saturated rings. The SMILES string of the molecule is CCn1c(SCc2cccc(Br)c2)nnc1-c1cc(Cl)ccc1OC. The highest BCUT2D eigenvalue weighted by Gasteiger charge is 2.17. The van der Waals surface area contributed by atoms with Crippen LogP contribution in [0.1, 0.15) is 12.5 Å². The number of rotatable bonds is 6. The van der Waals surface area contributed by atoms with Gasteiger partial charge in [-0.25, -0.2) is 0 Å². The molecule has 130 valence electrons. The lowest BCUT2D eigenvalue weighted by Crippen LogP contribution is -2.01. The minimum atomic E-state index is 0.643. The molecule has 0 aliphatic heterocycles. The molecule has 0 saturated heterocycles. The fraction of sp³-hybridized carbons (Fsp3) is 0.222. The maximum atomic E-state index is 6.16. The highest BCUT2D eigenvalue weighted by atomic mass is 79.9. The van der Waals surface area contributed by atoms with Gasteiger partial charge in [-0.1, -0.05) is 51.4 Å². The lowest BCUT2D eigenvalue weighted by atomic mass is 10.2. The summed E-state index contributed by atoms with van der Waals surface area (Å²) in [5.74, 6) is 2.32. The summed E-state index contributed by atoms with van der Waals surface area (Å²) < 4.78 is 8.61. The van der Waals surface area contributed by atoms with Crippen molar-refractivity contribution in [2.24, 2.45) is 0 Å². The fourth-order valence-electron chi connectivity index (χ4n) is 2.51. The second-order valence-corrected chi connectivity index (χ2v) is 7.61. The van der Waals surface area contributed by atoms with Crippen LogP contribution in [-0.2, 0) is 12.3 Å². The van der Waals surface area contributed by atoms with Gasteiger partial charge in [0.2, 0.25) is 0 Å². The highest BCUT2D eigenvalue weighted by Crippen LogP contribution is 2.34. The topological polar surface area (TPSA) is 39.9 Å². The van der Waals surface area contributed by atoms with Gasteiger partial charge in [0.15, 0.2) is 11.0 Å². The van der Waals surface area contributed by atoms with E-state index in [2.05, 4.69) is 49.8 Å². The number of aromatic nitrogens is 3. The molecule has 0 bridgehead atoms. The predicted molar refractivity (Wildman–Crippen MR) is 106 cm³/mol. The van der Waals surface area contributed by atoms with Gasteiger partial charge >= 0.3 is 0 Å². The molecule has 3 rings (SSSR count). The van der Waals surface area contributed by atoms with Crippen molar-refractivity contribution in [3.63, 3.8) is 0 Å². The molecule has 3 aromatic rings. The van der Waals surface area contributed by atoms with Gasteiger partial charge in [-0.2, -0.15) is 0 Å². The molecular weight excluding hydrogens is 422 g/mol. The standard InChI is InChI=1S/C18H17BrClN3OS/c1-3-23-17(15-10-14(20)7-8-16(15)24-2)21-22-18(23)25-11-12-5-4-6-13(19)9-12/h4-10H,3,11H2,1-2H3. The largest absolute Gasteiger partial charge is 0.496 e. The van der Waals surface area contributed by atoms with Gasteiger partial charge in [0.05, 0.1) is 12.7 Å². The summed E-state index contributed by atoms with van der Waals surface area (Å²) in [6.45, 7) is 2.84. The summed E-state index contributed by atoms with van der Waals surface area (Å²) in [5, 5.41) is 10.3. The van der Waals surface area contributed by atoms with Crippen molar-refractivity contribution < 1.29 is 4.74 Å². The van der Waals surface area contributed by atoms with Crippen LogP contribution in [0.25, 0.3) is 11.4 Å². The Bertz CT molecular complexity index is 885. The third kappa shape index (κ3) is 4.19. The molecule has 0 spiro atoms. The van der Waals surface area contributed by atoms with E-state index in [0.717, 1.165) is 39.1 Å². The Kier molecular flexibility index (Phi) is 6.04. The molecule has 2 aromatic carbocycles. The van der Waals surface area contributed by atoms with Crippen molar-refractivity contribution in [2.75, 3.05) is 7.11 Å². The van der Waals surface area contributed by atoms with Crippen molar-refractivity contribution in [3.8, 4) is 17.1 Å². The second kappa shape index (κ2) is 8.25. The van der Waals surface area contributed by atoms with Crippen LogP contribution >= 0.6 is 39.3 Å². The molecule has 0 amide bonds. The number of benzene rings is 2. The summed E-state index contributed by atoms with van der Waals surface area (Å²) in [4.78, 5) is 0. The highest BCUT2D eigenvalue weighted by molar-refractivity contribution is 9.10. The van der Waals surface area contributed by atoms with E-state index in [0.29, 0.717) is 5.02 Å². The smallest absolute Gasteiger partial charge is 0.191 e. The average molecular weight is 439 g/mol. The van der Waals surface area contributed by atoms with Gasteiger partial charge in [-0.15, -0.1) is 10.2 Å². The summed E-state index contributed by atoms with van der Waals surface area (Å²) in [6, 6.07) is 13.8. The molecular formula is C18H17BrClN3OS. The average Bonchev–Trinajstić information content (AvgIpc) is 3.02. The lowest BCUT2D eigenvalue weighted by Gasteiger charge is -2.11.